The topological polar surface area (TPSA) is 61.3 Å². The van der Waals surface area contributed by atoms with Crippen molar-refractivity contribution in [2.45, 2.75) is 31.8 Å². The molecule has 0 aromatic carbocycles. The third-order valence-electron chi connectivity index (χ3n) is 3.04. The molecule has 0 saturated heterocycles. The van der Waals surface area contributed by atoms with Crippen molar-refractivity contribution in [3.8, 4) is 5.88 Å². The van der Waals surface area contributed by atoms with E-state index in [1.807, 2.05) is 0 Å². The molecule has 0 spiro atoms. The van der Waals surface area contributed by atoms with Crippen LogP contribution in [0.15, 0.2) is 18.6 Å². The Morgan fingerprint density at radius 1 is 1.29 bits per heavy atom. The Bertz CT molecular complexity index is 361. The van der Waals surface area contributed by atoms with Gasteiger partial charge in [-0.15, -0.1) is 0 Å². The van der Waals surface area contributed by atoms with Crippen LogP contribution >= 0.6 is 0 Å². The Morgan fingerprint density at radius 2 is 2.06 bits per heavy atom. The van der Waals surface area contributed by atoms with Crippen LogP contribution in [-0.4, -0.2) is 29.2 Å². The van der Waals surface area contributed by atoms with E-state index in [1.165, 1.54) is 7.11 Å². The van der Waals surface area contributed by atoms with Crippen LogP contribution in [0.2, 0.25) is 0 Å². The lowest BCUT2D eigenvalue weighted by Crippen LogP contribution is -2.28. The first-order valence-corrected chi connectivity index (χ1v) is 5.80. The average molecular weight is 236 g/mol. The van der Waals surface area contributed by atoms with E-state index in [0.29, 0.717) is 5.88 Å². The van der Waals surface area contributed by atoms with Crippen molar-refractivity contribution < 1.29 is 14.3 Å². The molecule has 92 valence electrons. The number of nitrogens with zero attached hydrogens (tertiary/aromatic N) is 2. The number of ether oxygens (including phenoxy) is 2. The molecule has 1 aromatic heterocycles. The molecule has 0 radical (unpaired) electrons. The first-order valence-electron chi connectivity index (χ1n) is 5.80. The summed E-state index contributed by atoms with van der Waals surface area (Å²) >= 11 is 0. The molecule has 2 rings (SSSR count). The Kier molecular flexibility index (Phi) is 3.90. The summed E-state index contributed by atoms with van der Waals surface area (Å²) in [6, 6.07) is 0. The number of rotatable bonds is 3. The van der Waals surface area contributed by atoms with E-state index < -0.39 is 0 Å². The largest absolute Gasteiger partial charge is 0.473 e. The minimum absolute atomic E-state index is 0.0294. The van der Waals surface area contributed by atoms with Crippen LogP contribution in [0.4, 0.5) is 0 Å². The molecule has 1 heterocycles. The Balaban J connectivity index is 1.82. The maximum absolute atomic E-state index is 11.3. The van der Waals surface area contributed by atoms with Gasteiger partial charge in [-0.05, 0) is 25.7 Å². The van der Waals surface area contributed by atoms with Gasteiger partial charge in [0.25, 0.3) is 0 Å². The van der Waals surface area contributed by atoms with Gasteiger partial charge in [0, 0.05) is 12.4 Å². The van der Waals surface area contributed by atoms with E-state index in [0.717, 1.165) is 25.7 Å². The minimum atomic E-state index is -0.108. The number of aromatic nitrogens is 2. The average Bonchev–Trinajstić information content (AvgIpc) is 2.40. The van der Waals surface area contributed by atoms with Crippen molar-refractivity contribution in [3.63, 3.8) is 0 Å². The van der Waals surface area contributed by atoms with Crippen molar-refractivity contribution in [3.05, 3.63) is 18.6 Å². The summed E-state index contributed by atoms with van der Waals surface area (Å²) in [5, 5.41) is 0. The van der Waals surface area contributed by atoms with E-state index in [1.54, 1.807) is 18.6 Å². The van der Waals surface area contributed by atoms with Gasteiger partial charge in [0.1, 0.15) is 6.10 Å². The number of carbonyl (C=O) groups excluding carboxylic acids is 1. The highest BCUT2D eigenvalue weighted by atomic mass is 16.5. The molecule has 1 aliphatic carbocycles. The molecule has 1 saturated carbocycles. The van der Waals surface area contributed by atoms with Crippen molar-refractivity contribution in [2.75, 3.05) is 7.11 Å². The SMILES string of the molecule is COC(=O)C1CCC(Oc2cnccn2)CC1. The van der Waals surface area contributed by atoms with Crippen LogP contribution in [0.5, 0.6) is 5.88 Å². The normalized spacial score (nSPS) is 24.1. The maximum atomic E-state index is 11.3. The third-order valence-corrected chi connectivity index (χ3v) is 3.04. The summed E-state index contributed by atoms with van der Waals surface area (Å²) in [5.74, 6) is 0.471. The van der Waals surface area contributed by atoms with Gasteiger partial charge in [-0.25, -0.2) is 4.98 Å². The zero-order chi connectivity index (χ0) is 12.1. The quantitative estimate of drug-likeness (QED) is 0.746. The van der Waals surface area contributed by atoms with Gasteiger partial charge in [-0.2, -0.15) is 0 Å². The molecule has 0 bridgehead atoms. The molecule has 5 nitrogen and oxygen atoms in total. The first-order chi connectivity index (χ1) is 8.29. The van der Waals surface area contributed by atoms with Crippen molar-refractivity contribution >= 4 is 5.97 Å². The van der Waals surface area contributed by atoms with Gasteiger partial charge < -0.3 is 9.47 Å². The lowest BCUT2D eigenvalue weighted by molar-refractivity contribution is -0.147. The molecule has 0 atom stereocenters. The van der Waals surface area contributed by atoms with Crippen molar-refractivity contribution in [1.29, 1.82) is 0 Å². The van der Waals surface area contributed by atoms with Gasteiger partial charge in [0.15, 0.2) is 0 Å². The lowest BCUT2D eigenvalue weighted by atomic mass is 9.87. The zero-order valence-corrected chi connectivity index (χ0v) is 9.83. The summed E-state index contributed by atoms with van der Waals surface area (Å²) in [7, 11) is 1.44. The van der Waals surface area contributed by atoms with E-state index in [9.17, 15) is 4.79 Å². The molecule has 5 heteroatoms. The number of carbonyl (C=O) groups is 1. The molecule has 0 aliphatic heterocycles. The van der Waals surface area contributed by atoms with Gasteiger partial charge in [-0.1, -0.05) is 0 Å². The molecule has 1 aliphatic rings. The van der Waals surface area contributed by atoms with Crippen molar-refractivity contribution in [2.24, 2.45) is 5.92 Å². The molecular formula is C12H16N2O3. The highest BCUT2D eigenvalue weighted by Crippen LogP contribution is 2.27. The second-order valence-corrected chi connectivity index (χ2v) is 4.16. The summed E-state index contributed by atoms with van der Waals surface area (Å²) in [6.07, 6.45) is 8.30. The molecule has 1 fully saturated rings. The van der Waals surface area contributed by atoms with E-state index in [2.05, 4.69) is 9.97 Å². The second kappa shape index (κ2) is 5.61. The number of methoxy groups -OCH3 is 1. The smallest absolute Gasteiger partial charge is 0.308 e. The lowest BCUT2D eigenvalue weighted by Gasteiger charge is -2.26. The maximum Gasteiger partial charge on any atom is 0.308 e. The predicted octanol–water partition coefficient (Wildman–Crippen LogP) is 1.59. The van der Waals surface area contributed by atoms with Gasteiger partial charge >= 0.3 is 5.97 Å². The number of hydrogen-bond donors (Lipinski definition) is 0. The summed E-state index contributed by atoms with van der Waals surface area (Å²) in [5.41, 5.74) is 0. The molecule has 0 unspecified atom stereocenters. The Labute approximate surface area is 100 Å². The fourth-order valence-corrected chi connectivity index (χ4v) is 2.10. The molecule has 0 N–H and O–H groups in total. The van der Waals surface area contributed by atoms with Gasteiger partial charge in [0.05, 0.1) is 19.2 Å². The Hall–Kier alpha value is -1.65. The molecule has 1 aromatic rings. The van der Waals surface area contributed by atoms with Crippen LogP contribution < -0.4 is 4.74 Å². The van der Waals surface area contributed by atoms with Crippen LogP contribution in [-0.2, 0) is 9.53 Å². The van der Waals surface area contributed by atoms with Crippen LogP contribution in [0.25, 0.3) is 0 Å². The Morgan fingerprint density at radius 3 is 2.65 bits per heavy atom. The molecule has 0 amide bonds. The molecule has 17 heavy (non-hydrogen) atoms. The summed E-state index contributed by atoms with van der Waals surface area (Å²) in [6.45, 7) is 0. The first kappa shape index (κ1) is 11.8. The minimum Gasteiger partial charge on any atom is -0.473 e. The van der Waals surface area contributed by atoms with E-state index >= 15 is 0 Å². The standard InChI is InChI=1S/C12H16N2O3/c1-16-12(15)9-2-4-10(5-3-9)17-11-8-13-6-7-14-11/h6-10H,2-5H2,1H3. The van der Waals surface area contributed by atoms with Gasteiger partial charge in [0.2, 0.25) is 5.88 Å². The van der Waals surface area contributed by atoms with Crippen LogP contribution in [0.3, 0.4) is 0 Å². The highest BCUT2D eigenvalue weighted by Gasteiger charge is 2.27. The molecular weight excluding hydrogens is 220 g/mol. The van der Waals surface area contributed by atoms with E-state index in [-0.39, 0.29) is 18.0 Å². The summed E-state index contributed by atoms with van der Waals surface area (Å²) in [4.78, 5) is 19.4. The van der Waals surface area contributed by atoms with Crippen LogP contribution in [0.1, 0.15) is 25.7 Å². The fraction of sp³-hybridized carbons (Fsp3) is 0.583. The zero-order valence-electron chi connectivity index (χ0n) is 9.83. The second-order valence-electron chi connectivity index (χ2n) is 4.16. The van der Waals surface area contributed by atoms with E-state index in [4.69, 9.17) is 9.47 Å². The number of hydrogen-bond acceptors (Lipinski definition) is 5. The fourth-order valence-electron chi connectivity index (χ4n) is 2.10. The van der Waals surface area contributed by atoms with Gasteiger partial charge in [-0.3, -0.25) is 9.78 Å². The summed E-state index contributed by atoms with van der Waals surface area (Å²) < 4.78 is 10.4. The van der Waals surface area contributed by atoms with Crippen molar-refractivity contribution in [1.82, 2.24) is 9.97 Å². The highest BCUT2D eigenvalue weighted by molar-refractivity contribution is 5.72. The van der Waals surface area contributed by atoms with Crippen LogP contribution in [0, 0.1) is 5.92 Å². The monoisotopic (exact) mass is 236 g/mol. The predicted molar refractivity (Wildman–Crippen MR) is 60.4 cm³/mol. The third kappa shape index (κ3) is 3.15. The number of esters is 1.